The number of anilines is 1. The predicted molar refractivity (Wildman–Crippen MR) is 163 cm³/mol. The van der Waals surface area contributed by atoms with Gasteiger partial charge >= 0.3 is 0 Å². The minimum absolute atomic E-state index is 0. The number of ether oxygens (including phenoxy) is 2. The van der Waals surface area contributed by atoms with Crippen LogP contribution in [-0.4, -0.2) is 56.2 Å². The van der Waals surface area contributed by atoms with Gasteiger partial charge in [0.05, 0.1) is 30.3 Å². The van der Waals surface area contributed by atoms with Crippen LogP contribution in [0.2, 0.25) is 0 Å². The maximum Gasteiger partial charge on any atom is 0.119 e. The van der Waals surface area contributed by atoms with Crippen LogP contribution in [0.5, 0.6) is 5.75 Å². The van der Waals surface area contributed by atoms with Gasteiger partial charge in [-0.2, -0.15) is 0 Å². The van der Waals surface area contributed by atoms with Crippen LogP contribution >= 0.6 is 11.8 Å². The second kappa shape index (κ2) is 16.9. The van der Waals surface area contributed by atoms with Gasteiger partial charge in [0.1, 0.15) is 18.5 Å². The smallest absolute Gasteiger partial charge is 0.119 e. The molecule has 2 fully saturated rings. The summed E-state index contributed by atoms with van der Waals surface area (Å²) < 4.78 is 11.1. The van der Waals surface area contributed by atoms with Crippen molar-refractivity contribution in [1.29, 1.82) is 0 Å². The van der Waals surface area contributed by atoms with E-state index >= 15 is 0 Å². The van der Waals surface area contributed by atoms with Gasteiger partial charge < -0.3 is 29.6 Å². The molecule has 0 unspecified atom stereocenters. The summed E-state index contributed by atoms with van der Waals surface area (Å²) in [5.74, 6) is 0.683. The van der Waals surface area contributed by atoms with E-state index in [0.717, 1.165) is 42.2 Å². The number of para-hydroxylation sites is 1. The molecule has 2 aromatic carbocycles. The maximum atomic E-state index is 11.1. The Bertz CT molecular complexity index is 997. The largest absolute Gasteiger partial charge is 0.547 e. The quantitative estimate of drug-likeness (QED) is 0.417. The number of nitrogens with zero attached hydrogens (tertiary/aromatic N) is 1. The lowest BCUT2D eigenvalue weighted by Gasteiger charge is -2.30. The molecule has 40 heavy (non-hydrogen) atoms. The van der Waals surface area contributed by atoms with Crippen molar-refractivity contribution >= 4 is 23.4 Å². The molecule has 0 saturated heterocycles. The highest BCUT2D eigenvalue weighted by Gasteiger charge is 2.23. The number of carboxylic acid groups (broad SMARTS) is 1. The fraction of sp³-hybridized carbons (Fsp3) is 0.606. The lowest BCUT2D eigenvalue weighted by atomic mass is 9.91. The Balaban J connectivity index is 0.000000276. The Morgan fingerprint density at radius 3 is 2.27 bits per heavy atom. The number of hydrogen-bond donors (Lipinski definition) is 1. The summed E-state index contributed by atoms with van der Waals surface area (Å²) in [5.41, 5.74) is 2.16. The summed E-state index contributed by atoms with van der Waals surface area (Å²) in [4.78, 5) is 14.8. The molecule has 2 aliphatic carbocycles. The molecule has 2 N–H and O–H groups in total. The molecule has 0 aromatic heterocycles. The summed E-state index contributed by atoms with van der Waals surface area (Å²) in [6.45, 7) is 4.56. The molecule has 1 atom stereocenters. The van der Waals surface area contributed by atoms with E-state index in [9.17, 15) is 9.90 Å². The first-order chi connectivity index (χ1) is 19.6. The van der Waals surface area contributed by atoms with E-state index < -0.39 is 12.1 Å². The number of fused-ring (bicyclic) bond motifs is 1. The van der Waals surface area contributed by atoms with Gasteiger partial charge in [0, 0.05) is 31.6 Å². The van der Waals surface area contributed by atoms with Gasteiger partial charge in [-0.25, -0.2) is 0 Å². The summed E-state index contributed by atoms with van der Waals surface area (Å²) in [6, 6.07) is 17.9. The molecule has 0 amide bonds. The first kappa shape index (κ1) is 30.7. The van der Waals surface area contributed by atoms with Crippen LogP contribution in [0.15, 0.2) is 53.4 Å². The Labute approximate surface area is 246 Å². The summed E-state index contributed by atoms with van der Waals surface area (Å²) in [5, 5.41) is 13.8. The van der Waals surface area contributed by atoms with Crippen molar-refractivity contribution in [3.8, 4) is 5.75 Å². The summed E-state index contributed by atoms with van der Waals surface area (Å²) >= 11 is 1.90. The van der Waals surface area contributed by atoms with Crippen molar-refractivity contribution in [3.05, 3.63) is 54.1 Å². The van der Waals surface area contributed by atoms with Crippen molar-refractivity contribution in [3.63, 3.8) is 0 Å². The first-order valence-corrected chi connectivity index (χ1v) is 16.5. The van der Waals surface area contributed by atoms with Crippen LogP contribution in [-0.2, 0) is 16.0 Å². The first-order valence-electron chi connectivity index (χ1n) is 15.5. The van der Waals surface area contributed by atoms with E-state index in [0.29, 0.717) is 19.6 Å². The van der Waals surface area contributed by atoms with Crippen molar-refractivity contribution in [2.24, 2.45) is 0 Å². The van der Waals surface area contributed by atoms with Crippen LogP contribution in [0, 0.1) is 0 Å². The Morgan fingerprint density at radius 2 is 1.65 bits per heavy atom. The van der Waals surface area contributed by atoms with Gasteiger partial charge in [0.2, 0.25) is 0 Å². The number of nitrogens with two attached hydrogens (primary N) is 1. The number of carbonyl (C=O) groups excluding carboxylic acids is 1. The molecule has 7 heteroatoms. The fourth-order valence-corrected chi connectivity index (χ4v) is 7.17. The number of thioether (sulfide) groups is 1. The number of quaternary nitrogens is 1. The SMILES string of the molecule is C1CCC([NH2+]C2CCCCC2)CC1.CCO[C@@H](Cc1ccc(OCCN2CCSc3ccccc32)cc1)C(=O)[O-].[HH]. The molecule has 1 heterocycles. The topological polar surface area (TPSA) is 78.4 Å². The Kier molecular flexibility index (Phi) is 13.0. The van der Waals surface area contributed by atoms with E-state index in [1.54, 1.807) is 6.92 Å². The minimum Gasteiger partial charge on any atom is -0.547 e. The molecule has 222 valence electrons. The third kappa shape index (κ3) is 10.0. The zero-order valence-corrected chi connectivity index (χ0v) is 25.0. The summed E-state index contributed by atoms with van der Waals surface area (Å²) in [6.07, 6.45) is 14.3. The molecule has 6 nitrogen and oxygen atoms in total. The summed E-state index contributed by atoms with van der Waals surface area (Å²) in [7, 11) is 0. The molecule has 2 aromatic rings. The number of carboxylic acids is 1. The van der Waals surface area contributed by atoms with E-state index in [2.05, 4.69) is 34.5 Å². The highest BCUT2D eigenvalue weighted by Crippen LogP contribution is 2.34. The van der Waals surface area contributed by atoms with Gasteiger partial charge in [-0.1, -0.05) is 37.1 Å². The third-order valence-electron chi connectivity index (χ3n) is 8.27. The zero-order chi connectivity index (χ0) is 28.0. The lowest BCUT2D eigenvalue weighted by molar-refractivity contribution is -0.725. The molecular weight excluding hydrogens is 520 g/mol. The monoisotopic (exact) mass is 570 g/mol. The molecular formula is C33H50N2O4S. The van der Waals surface area contributed by atoms with Crippen molar-refractivity contribution in [2.75, 3.05) is 37.0 Å². The number of hydrogen-bond acceptors (Lipinski definition) is 6. The van der Waals surface area contributed by atoms with Crippen LogP contribution in [0.3, 0.4) is 0 Å². The Hall–Kier alpha value is -2.22. The molecule has 1 aliphatic heterocycles. The van der Waals surface area contributed by atoms with Crippen LogP contribution in [0.1, 0.15) is 78.1 Å². The maximum absolute atomic E-state index is 11.1. The van der Waals surface area contributed by atoms with Crippen molar-refractivity contribution in [2.45, 2.75) is 101 Å². The molecule has 3 aliphatic rings. The van der Waals surface area contributed by atoms with E-state index in [1.807, 2.05) is 36.0 Å². The van der Waals surface area contributed by atoms with Crippen molar-refractivity contribution < 1.29 is 26.1 Å². The van der Waals surface area contributed by atoms with Gasteiger partial charge in [0.15, 0.2) is 0 Å². The van der Waals surface area contributed by atoms with Gasteiger partial charge in [-0.05, 0) is 88.1 Å². The molecule has 0 bridgehead atoms. The number of aliphatic carboxylic acids is 1. The highest BCUT2D eigenvalue weighted by atomic mass is 32.2. The standard InChI is InChI=1S/C21H25NO4S.C12H23N.H2/c1-2-25-19(21(23)24)15-16-7-9-17(10-8-16)26-13-11-22-12-14-27-20-6-4-3-5-18(20)22;1-3-7-11(8-4-1)13-12-9-5-2-6-10-12;/h3-10,19H,2,11-15H2,1H3,(H,23,24);11-13H,1-10H2;1H/t19-;;/m0../s1. The lowest BCUT2D eigenvalue weighted by Crippen LogP contribution is -2.95. The molecule has 0 spiro atoms. The van der Waals surface area contributed by atoms with Gasteiger partial charge in [-0.3, -0.25) is 0 Å². The van der Waals surface area contributed by atoms with E-state index in [1.165, 1.54) is 74.8 Å². The Morgan fingerprint density at radius 1 is 1.00 bits per heavy atom. The fourth-order valence-electron chi connectivity index (χ4n) is 6.12. The predicted octanol–water partition coefficient (Wildman–Crippen LogP) is 4.84. The van der Waals surface area contributed by atoms with E-state index in [4.69, 9.17) is 9.47 Å². The minimum atomic E-state index is -1.18. The second-order valence-corrected chi connectivity index (χ2v) is 12.4. The average molecular weight is 571 g/mol. The van der Waals surface area contributed by atoms with Gasteiger partial charge in [0.25, 0.3) is 0 Å². The van der Waals surface area contributed by atoms with Gasteiger partial charge in [-0.15, -0.1) is 11.8 Å². The molecule has 2 saturated carbocycles. The second-order valence-electron chi connectivity index (χ2n) is 11.3. The highest BCUT2D eigenvalue weighted by molar-refractivity contribution is 7.99. The van der Waals surface area contributed by atoms with Crippen LogP contribution in [0.4, 0.5) is 5.69 Å². The van der Waals surface area contributed by atoms with Crippen LogP contribution in [0.25, 0.3) is 0 Å². The third-order valence-corrected chi connectivity index (χ3v) is 9.32. The molecule has 5 rings (SSSR count). The van der Waals surface area contributed by atoms with E-state index in [-0.39, 0.29) is 1.43 Å². The number of carbonyl (C=O) groups is 1. The average Bonchev–Trinajstić information content (AvgIpc) is 2.99. The van der Waals surface area contributed by atoms with Crippen molar-refractivity contribution in [1.82, 2.24) is 0 Å². The van der Waals surface area contributed by atoms with Crippen LogP contribution < -0.4 is 20.1 Å². The molecule has 0 radical (unpaired) electrons. The number of rotatable bonds is 11. The zero-order valence-electron chi connectivity index (χ0n) is 24.2. The normalized spacial score (nSPS) is 18.8. The number of benzene rings is 2.